The lowest BCUT2D eigenvalue weighted by Crippen LogP contribution is -2.45. The molecular weight excluding hydrogens is 222 g/mol. The zero-order valence-corrected chi connectivity index (χ0v) is 10.0. The standard InChI is InChI=1S/C11H21N3O3/c12-8-11(3-1-2-4-11)10(16)14-5-6-17-7-9(13)15/h1-8,12H2,(H2,13,15)(H,14,16). The number of carbonyl (C=O) groups excluding carboxylic acids is 2. The van der Waals surface area contributed by atoms with Gasteiger partial charge in [0.1, 0.15) is 6.61 Å². The third kappa shape index (κ3) is 3.98. The van der Waals surface area contributed by atoms with Crippen molar-refractivity contribution >= 4 is 11.8 Å². The Balaban J connectivity index is 2.22. The van der Waals surface area contributed by atoms with Crippen LogP contribution in [0, 0.1) is 5.41 Å². The highest BCUT2D eigenvalue weighted by Crippen LogP contribution is 2.37. The van der Waals surface area contributed by atoms with E-state index in [9.17, 15) is 9.59 Å². The first-order chi connectivity index (χ1) is 8.10. The van der Waals surface area contributed by atoms with E-state index in [0.717, 1.165) is 25.7 Å². The van der Waals surface area contributed by atoms with Crippen LogP contribution < -0.4 is 16.8 Å². The predicted octanol–water partition coefficient (Wildman–Crippen LogP) is -0.876. The number of rotatable bonds is 7. The molecule has 0 saturated heterocycles. The Labute approximate surface area is 101 Å². The van der Waals surface area contributed by atoms with Crippen molar-refractivity contribution < 1.29 is 14.3 Å². The molecule has 6 nitrogen and oxygen atoms in total. The molecule has 0 bridgehead atoms. The summed E-state index contributed by atoms with van der Waals surface area (Å²) in [5, 5.41) is 2.79. The van der Waals surface area contributed by atoms with Crippen LogP contribution in [0.3, 0.4) is 0 Å². The Bertz CT molecular complexity index is 275. The van der Waals surface area contributed by atoms with E-state index in [2.05, 4.69) is 5.32 Å². The van der Waals surface area contributed by atoms with Gasteiger partial charge in [-0.15, -0.1) is 0 Å². The number of primary amides is 1. The largest absolute Gasteiger partial charge is 0.370 e. The summed E-state index contributed by atoms with van der Waals surface area (Å²) in [6, 6.07) is 0. The molecule has 0 spiro atoms. The molecule has 0 unspecified atom stereocenters. The van der Waals surface area contributed by atoms with Gasteiger partial charge in [-0.3, -0.25) is 9.59 Å². The molecule has 1 rings (SSSR count). The Kier molecular flexibility index (Phi) is 5.37. The molecule has 2 amide bonds. The maximum atomic E-state index is 12.0. The van der Waals surface area contributed by atoms with Crippen LogP contribution >= 0.6 is 0 Å². The monoisotopic (exact) mass is 243 g/mol. The third-order valence-corrected chi connectivity index (χ3v) is 3.21. The van der Waals surface area contributed by atoms with Crippen molar-refractivity contribution in [1.82, 2.24) is 5.32 Å². The van der Waals surface area contributed by atoms with Crippen molar-refractivity contribution in [2.75, 3.05) is 26.3 Å². The Morgan fingerprint density at radius 1 is 1.29 bits per heavy atom. The van der Waals surface area contributed by atoms with Crippen molar-refractivity contribution in [1.29, 1.82) is 0 Å². The topological polar surface area (TPSA) is 107 Å². The van der Waals surface area contributed by atoms with Crippen LogP contribution in [0.1, 0.15) is 25.7 Å². The van der Waals surface area contributed by atoms with Crippen LogP contribution in [0.15, 0.2) is 0 Å². The SMILES string of the molecule is NCC1(C(=O)NCCOCC(N)=O)CCCC1. The van der Waals surface area contributed by atoms with Crippen LogP contribution in [0.4, 0.5) is 0 Å². The quantitative estimate of drug-likeness (QED) is 0.505. The number of nitrogens with two attached hydrogens (primary N) is 2. The van der Waals surface area contributed by atoms with Gasteiger partial charge in [0, 0.05) is 13.1 Å². The molecule has 98 valence electrons. The molecule has 1 fully saturated rings. The molecule has 0 aliphatic heterocycles. The van der Waals surface area contributed by atoms with E-state index in [4.69, 9.17) is 16.2 Å². The van der Waals surface area contributed by atoms with Crippen LogP contribution in [0.2, 0.25) is 0 Å². The van der Waals surface area contributed by atoms with Gasteiger partial charge in [-0.25, -0.2) is 0 Å². The van der Waals surface area contributed by atoms with Gasteiger partial charge in [0.25, 0.3) is 0 Å². The van der Waals surface area contributed by atoms with Crippen molar-refractivity contribution in [3.8, 4) is 0 Å². The summed E-state index contributed by atoms with van der Waals surface area (Å²) in [4.78, 5) is 22.4. The minimum absolute atomic E-state index is 0.000162. The van der Waals surface area contributed by atoms with Crippen LogP contribution in [0.5, 0.6) is 0 Å². The van der Waals surface area contributed by atoms with E-state index in [0.29, 0.717) is 13.1 Å². The average Bonchev–Trinajstić information content (AvgIpc) is 2.77. The second-order valence-corrected chi connectivity index (χ2v) is 4.47. The highest BCUT2D eigenvalue weighted by Gasteiger charge is 2.39. The minimum atomic E-state index is -0.509. The van der Waals surface area contributed by atoms with Crippen molar-refractivity contribution in [2.24, 2.45) is 16.9 Å². The van der Waals surface area contributed by atoms with E-state index >= 15 is 0 Å². The molecule has 1 saturated carbocycles. The van der Waals surface area contributed by atoms with Gasteiger partial charge in [-0.1, -0.05) is 12.8 Å². The molecule has 17 heavy (non-hydrogen) atoms. The number of amides is 2. The summed E-state index contributed by atoms with van der Waals surface area (Å²) in [5.41, 5.74) is 10.2. The lowest BCUT2D eigenvalue weighted by molar-refractivity contribution is -0.130. The van der Waals surface area contributed by atoms with E-state index in [-0.39, 0.29) is 24.5 Å². The molecule has 1 aliphatic carbocycles. The number of carbonyl (C=O) groups is 2. The third-order valence-electron chi connectivity index (χ3n) is 3.21. The first-order valence-electron chi connectivity index (χ1n) is 5.95. The fraction of sp³-hybridized carbons (Fsp3) is 0.818. The summed E-state index contributed by atoms with van der Waals surface area (Å²) in [5.74, 6) is -0.509. The van der Waals surface area contributed by atoms with E-state index in [1.54, 1.807) is 0 Å². The molecule has 6 heteroatoms. The van der Waals surface area contributed by atoms with Gasteiger partial charge in [-0.2, -0.15) is 0 Å². The summed E-state index contributed by atoms with van der Waals surface area (Å²) >= 11 is 0. The van der Waals surface area contributed by atoms with Crippen LogP contribution in [0.25, 0.3) is 0 Å². The van der Waals surface area contributed by atoms with Crippen LogP contribution in [-0.4, -0.2) is 38.1 Å². The fourth-order valence-corrected chi connectivity index (χ4v) is 2.17. The molecular formula is C11H21N3O3. The maximum absolute atomic E-state index is 12.0. The van der Waals surface area contributed by atoms with Crippen molar-refractivity contribution in [2.45, 2.75) is 25.7 Å². The van der Waals surface area contributed by atoms with Gasteiger partial charge >= 0.3 is 0 Å². The highest BCUT2D eigenvalue weighted by molar-refractivity contribution is 5.83. The second-order valence-electron chi connectivity index (χ2n) is 4.47. The lowest BCUT2D eigenvalue weighted by atomic mass is 9.85. The summed E-state index contributed by atoms with van der Waals surface area (Å²) in [7, 11) is 0. The van der Waals surface area contributed by atoms with E-state index in [1.807, 2.05) is 0 Å². The molecule has 1 aliphatic rings. The highest BCUT2D eigenvalue weighted by atomic mass is 16.5. The zero-order chi connectivity index (χ0) is 12.7. The Hall–Kier alpha value is -1.14. The average molecular weight is 243 g/mol. The molecule has 5 N–H and O–H groups in total. The molecule has 0 heterocycles. The number of hydrogen-bond acceptors (Lipinski definition) is 4. The zero-order valence-electron chi connectivity index (χ0n) is 10.0. The number of ether oxygens (including phenoxy) is 1. The van der Waals surface area contributed by atoms with Gasteiger partial charge in [-0.05, 0) is 12.8 Å². The molecule has 0 aromatic carbocycles. The van der Waals surface area contributed by atoms with Gasteiger partial charge in [0.15, 0.2) is 0 Å². The van der Waals surface area contributed by atoms with Crippen LogP contribution in [-0.2, 0) is 14.3 Å². The predicted molar refractivity (Wildman–Crippen MR) is 63.0 cm³/mol. The lowest BCUT2D eigenvalue weighted by Gasteiger charge is -2.25. The van der Waals surface area contributed by atoms with Crippen molar-refractivity contribution in [3.63, 3.8) is 0 Å². The number of nitrogens with one attached hydrogen (secondary N) is 1. The summed E-state index contributed by atoms with van der Waals surface area (Å²) in [6.07, 6.45) is 3.83. The second kappa shape index (κ2) is 6.56. The molecule has 0 atom stereocenters. The maximum Gasteiger partial charge on any atom is 0.243 e. The minimum Gasteiger partial charge on any atom is -0.370 e. The normalized spacial score (nSPS) is 17.9. The van der Waals surface area contributed by atoms with E-state index < -0.39 is 5.91 Å². The van der Waals surface area contributed by atoms with Gasteiger partial charge in [0.05, 0.1) is 12.0 Å². The van der Waals surface area contributed by atoms with Gasteiger partial charge in [0.2, 0.25) is 11.8 Å². The Morgan fingerprint density at radius 3 is 2.47 bits per heavy atom. The number of hydrogen-bond donors (Lipinski definition) is 3. The molecule has 0 radical (unpaired) electrons. The first kappa shape index (κ1) is 13.9. The molecule has 0 aromatic heterocycles. The smallest absolute Gasteiger partial charge is 0.243 e. The molecule has 0 aromatic rings. The van der Waals surface area contributed by atoms with Gasteiger partial charge < -0.3 is 21.5 Å². The fourth-order valence-electron chi connectivity index (χ4n) is 2.17. The summed E-state index contributed by atoms with van der Waals surface area (Å²) < 4.78 is 4.95. The van der Waals surface area contributed by atoms with Crippen molar-refractivity contribution in [3.05, 3.63) is 0 Å². The Morgan fingerprint density at radius 2 is 1.94 bits per heavy atom. The first-order valence-corrected chi connectivity index (χ1v) is 5.95. The van der Waals surface area contributed by atoms with E-state index in [1.165, 1.54) is 0 Å². The summed E-state index contributed by atoms with van der Waals surface area (Å²) in [6.45, 7) is 0.947.